The minimum absolute atomic E-state index is 0.0539. The number of amides is 1. The van der Waals surface area contributed by atoms with Crippen molar-refractivity contribution >= 4 is 23.2 Å². The van der Waals surface area contributed by atoms with Crippen LogP contribution in [0.25, 0.3) is 0 Å². The summed E-state index contributed by atoms with van der Waals surface area (Å²) in [4.78, 5) is 31.4. The lowest BCUT2D eigenvalue weighted by atomic mass is 9.96. The number of aromatic nitrogens is 1. The Balaban J connectivity index is 1.84. The smallest absolute Gasteiger partial charge is 0.335 e. The van der Waals surface area contributed by atoms with E-state index in [4.69, 9.17) is 5.11 Å². The highest BCUT2D eigenvalue weighted by atomic mass is 32.1. The maximum atomic E-state index is 12.8. The summed E-state index contributed by atoms with van der Waals surface area (Å²) in [5, 5.41) is 10.1. The van der Waals surface area contributed by atoms with Gasteiger partial charge < -0.3 is 10.0 Å². The summed E-state index contributed by atoms with van der Waals surface area (Å²) in [6.07, 6.45) is 3.87. The van der Waals surface area contributed by atoms with Gasteiger partial charge in [0.05, 0.1) is 27.2 Å². The van der Waals surface area contributed by atoms with E-state index >= 15 is 0 Å². The number of fused-ring (bicyclic) bond motifs is 1. The second kappa shape index (κ2) is 6.73. The van der Waals surface area contributed by atoms with E-state index in [1.165, 1.54) is 17.0 Å². The third-order valence-corrected chi connectivity index (χ3v) is 5.78. The van der Waals surface area contributed by atoms with Gasteiger partial charge in [-0.3, -0.25) is 4.79 Å². The number of aromatic carboxylic acids is 1. The van der Waals surface area contributed by atoms with Crippen molar-refractivity contribution in [2.45, 2.75) is 38.6 Å². The summed E-state index contributed by atoms with van der Waals surface area (Å²) in [5.41, 5.74) is 1.83. The van der Waals surface area contributed by atoms with Gasteiger partial charge >= 0.3 is 5.97 Å². The zero-order valence-electron chi connectivity index (χ0n) is 13.8. The quantitative estimate of drug-likeness (QED) is 0.921. The van der Waals surface area contributed by atoms with Crippen LogP contribution in [0.5, 0.6) is 0 Å². The minimum Gasteiger partial charge on any atom is -0.478 e. The summed E-state index contributed by atoms with van der Waals surface area (Å²) >= 11 is 1.71. The normalized spacial score (nSPS) is 16.5. The van der Waals surface area contributed by atoms with Gasteiger partial charge in [-0.25, -0.2) is 9.78 Å². The molecule has 0 fully saturated rings. The lowest BCUT2D eigenvalue weighted by Gasteiger charge is -2.30. The number of benzene rings is 1. The molecule has 0 spiro atoms. The zero-order chi connectivity index (χ0) is 17.3. The van der Waals surface area contributed by atoms with Crippen LogP contribution in [-0.2, 0) is 12.8 Å². The van der Waals surface area contributed by atoms with Gasteiger partial charge in [-0.15, -0.1) is 11.3 Å². The number of carboxylic acids is 1. The predicted molar refractivity (Wildman–Crippen MR) is 92.7 cm³/mol. The van der Waals surface area contributed by atoms with Crippen LogP contribution in [-0.4, -0.2) is 33.9 Å². The number of thiazole rings is 1. The van der Waals surface area contributed by atoms with E-state index in [0.717, 1.165) is 36.4 Å². The SMILES string of the molecule is CCc1nc2c(s1)C(N(C)C(=O)c1ccc(C(=O)O)cc1)CCC2. The maximum absolute atomic E-state index is 12.8. The molecule has 5 nitrogen and oxygen atoms in total. The third-order valence-electron chi connectivity index (χ3n) is 4.43. The summed E-state index contributed by atoms with van der Waals surface area (Å²) in [7, 11) is 1.82. The Hall–Kier alpha value is -2.21. The second-order valence-corrected chi connectivity index (χ2v) is 7.09. The van der Waals surface area contributed by atoms with Crippen LogP contribution >= 0.6 is 11.3 Å². The van der Waals surface area contributed by atoms with Crippen LogP contribution in [0.1, 0.15) is 62.1 Å². The minimum atomic E-state index is -0.990. The Kier molecular flexibility index (Phi) is 4.66. The molecule has 0 radical (unpaired) electrons. The number of aryl methyl sites for hydroxylation is 2. The van der Waals surface area contributed by atoms with Crippen molar-refractivity contribution in [1.82, 2.24) is 9.88 Å². The van der Waals surface area contributed by atoms with E-state index in [-0.39, 0.29) is 17.5 Å². The summed E-state index contributed by atoms with van der Waals surface area (Å²) < 4.78 is 0. The molecule has 1 unspecified atom stereocenters. The number of hydrogen-bond donors (Lipinski definition) is 1. The molecule has 24 heavy (non-hydrogen) atoms. The molecular weight excluding hydrogens is 324 g/mol. The van der Waals surface area contributed by atoms with Gasteiger partial charge in [0.15, 0.2) is 0 Å². The van der Waals surface area contributed by atoms with Crippen LogP contribution in [0.15, 0.2) is 24.3 Å². The first kappa shape index (κ1) is 16.6. The molecule has 0 saturated heterocycles. The Labute approximate surface area is 145 Å². The van der Waals surface area contributed by atoms with Gasteiger partial charge in [0, 0.05) is 12.6 Å². The van der Waals surface area contributed by atoms with Crippen molar-refractivity contribution in [1.29, 1.82) is 0 Å². The molecule has 2 aromatic rings. The Morgan fingerprint density at radius 2 is 1.96 bits per heavy atom. The lowest BCUT2D eigenvalue weighted by Crippen LogP contribution is -2.32. The van der Waals surface area contributed by atoms with Crippen molar-refractivity contribution in [2.24, 2.45) is 0 Å². The van der Waals surface area contributed by atoms with Gasteiger partial charge in [-0.1, -0.05) is 6.92 Å². The van der Waals surface area contributed by atoms with E-state index in [2.05, 4.69) is 11.9 Å². The molecule has 1 atom stereocenters. The zero-order valence-corrected chi connectivity index (χ0v) is 14.6. The van der Waals surface area contributed by atoms with Crippen molar-refractivity contribution in [3.63, 3.8) is 0 Å². The third kappa shape index (κ3) is 3.06. The second-order valence-electron chi connectivity index (χ2n) is 5.98. The molecule has 0 aliphatic heterocycles. The van der Waals surface area contributed by atoms with E-state index in [0.29, 0.717) is 5.56 Å². The van der Waals surface area contributed by atoms with Crippen LogP contribution in [0.2, 0.25) is 0 Å². The fraction of sp³-hybridized carbons (Fsp3) is 0.389. The molecule has 1 aromatic heterocycles. The topological polar surface area (TPSA) is 70.5 Å². The van der Waals surface area contributed by atoms with Crippen molar-refractivity contribution in [3.8, 4) is 0 Å². The number of rotatable bonds is 4. The molecule has 3 rings (SSSR count). The van der Waals surface area contributed by atoms with Crippen LogP contribution in [0.3, 0.4) is 0 Å². The van der Waals surface area contributed by atoms with Crippen LogP contribution in [0.4, 0.5) is 0 Å². The van der Waals surface area contributed by atoms with Gasteiger partial charge in [-0.05, 0) is 49.9 Å². The fourth-order valence-corrected chi connectivity index (χ4v) is 4.30. The monoisotopic (exact) mass is 344 g/mol. The first-order valence-electron chi connectivity index (χ1n) is 8.10. The lowest BCUT2D eigenvalue weighted by molar-refractivity contribution is 0.0690. The number of carbonyl (C=O) groups is 2. The van der Waals surface area contributed by atoms with E-state index < -0.39 is 5.97 Å². The maximum Gasteiger partial charge on any atom is 0.335 e. The predicted octanol–water partition coefficient (Wildman–Crippen LogP) is 3.55. The Morgan fingerprint density at radius 3 is 2.58 bits per heavy atom. The fourth-order valence-electron chi connectivity index (χ4n) is 3.07. The molecule has 0 bridgehead atoms. The summed E-state index contributed by atoms with van der Waals surface area (Å²) in [5.74, 6) is -1.08. The number of nitrogens with zero attached hydrogens (tertiary/aromatic N) is 2. The molecule has 0 saturated carbocycles. The van der Waals surface area contributed by atoms with Gasteiger partial charge in [0.2, 0.25) is 0 Å². The Morgan fingerprint density at radius 1 is 1.29 bits per heavy atom. The van der Waals surface area contributed by atoms with Crippen molar-refractivity contribution < 1.29 is 14.7 Å². The van der Waals surface area contributed by atoms with Gasteiger partial charge in [-0.2, -0.15) is 0 Å². The molecule has 1 heterocycles. The van der Waals surface area contributed by atoms with E-state index in [1.807, 2.05) is 7.05 Å². The van der Waals surface area contributed by atoms with Gasteiger partial charge in [0.25, 0.3) is 5.91 Å². The highest BCUT2D eigenvalue weighted by molar-refractivity contribution is 7.11. The standard InChI is InChI=1S/C18H20N2O3S/c1-3-15-19-13-5-4-6-14(16(13)24-15)20(2)17(21)11-7-9-12(10-8-11)18(22)23/h7-10,14H,3-6H2,1-2H3,(H,22,23). The Bertz CT molecular complexity index is 767. The highest BCUT2D eigenvalue weighted by Crippen LogP contribution is 2.38. The molecule has 1 aliphatic carbocycles. The molecule has 6 heteroatoms. The average molecular weight is 344 g/mol. The molecular formula is C18H20N2O3S. The number of hydrogen-bond acceptors (Lipinski definition) is 4. The molecule has 1 aliphatic rings. The van der Waals surface area contributed by atoms with E-state index in [9.17, 15) is 9.59 Å². The summed E-state index contributed by atoms with van der Waals surface area (Å²) in [6, 6.07) is 6.15. The number of carbonyl (C=O) groups excluding carboxylic acids is 1. The van der Waals surface area contributed by atoms with Gasteiger partial charge in [0.1, 0.15) is 0 Å². The first-order chi connectivity index (χ1) is 11.5. The first-order valence-corrected chi connectivity index (χ1v) is 8.92. The molecule has 126 valence electrons. The van der Waals surface area contributed by atoms with E-state index in [1.54, 1.807) is 28.4 Å². The molecule has 1 aromatic carbocycles. The van der Waals surface area contributed by atoms with Crippen LogP contribution in [0, 0.1) is 0 Å². The molecule has 1 amide bonds. The number of carboxylic acid groups (broad SMARTS) is 1. The van der Waals surface area contributed by atoms with Crippen molar-refractivity contribution in [2.75, 3.05) is 7.05 Å². The largest absolute Gasteiger partial charge is 0.478 e. The summed E-state index contributed by atoms with van der Waals surface area (Å²) in [6.45, 7) is 2.10. The van der Waals surface area contributed by atoms with Crippen LogP contribution < -0.4 is 0 Å². The average Bonchev–Trinajstić information content (AvgIpc) is 3.03. The molecule has 1 N–H and O–H groups in total. The highest BCUT2D eigenvalue weighted by Gasteiger charge is 2.30. The van der Waals surface area contributed by atoms with Crippen molar-refractivity contribution in [3.05, 3.63) is 51.0 Å².